The van der Waals surface area contributed by atoms with Crippen LogP contribution >= 0.6 is 15.9 Å². The fourth-order valence-corrected chi connectivity index (χ4v) is 7.08. The summed E-state index contributed by atoms with van der Waals surface area (Å²) >= 11 is 3.40. The van der Waals surface area contributed by atoms with E-state index in [1.807, 2.05) is 34.0 Å². The minimum atomic E-state index is -0.449. The third-order valence-electron chi connectivity index (χ3n) is 10.1. The Morgan fingerprint density at radius 2 is 1.11 bits per heavy atom. The minimum absolute atomic E-state index is 0. The summed E-state index contributed by atoms with van der Waals surface area (Å²) in [6.07, 6.45) is 13.9. The number of hydrogen-bond donors (Lipinski definition) is 5. The zero-order chi connectivity index (χ0) is 43.4. The van der Waals surface area contributed by atoms with Gasteiger partial charge in [-0.3, -0.25) is 15.0 Å². The summed E-state index contributed by atoms with van der Waals surface area (Å²) in [7, 11) is 0. The molecule has 9 N–H and O–H groups in total. The van der Waals surface area contributed by atoms with Crippen LogP contribution in [0.3, 0.4) is 0 Å². The van der Waals surface area contributed by atoms with Gasteiger partial charge in [-0.25, -0.2) is 34.9 Å². The van der Waals surface area contributed by atoms with Gasteiger partial charge < -0.3 is 72.7 Å². The molecule has 10 aliphatic rings. The van der Waals surface area contributed by atoms with Crippen molar-refractivity contribution in [3.63, 3.8) is 0 Å². The molecule has 10 heterocycles. The van der Waals surface area contributed by atoms with Crippen molar-refractivity contribution in [1.29, 1.82) is 0 Å². The molecule has 0 spiro atoms. The molecule has 0 aromatic heterocycles. The first-order chi connectivity index (χ1) is 29.3. The van der Waals surface area contributed by atoms with E-state index >= 15 is 0 Å². The number of fused-ring (bicyclic) bond motifs is 4. The quantitative estimate of drug-likeness (QED) is 0.128. The minimum Gasteiger partial charge on any atom is -0.460 e. The van der Waals surface area contributed by atoms with Gasteiger partial charge in [-0.05, 0) is 40.5 Å². The molecule has 24 nitrogen and oxygen atoms in total. The maximum absolute atomic E-state index is 5.83. The first kappa shape index (κ1) is 52.4. The fourth-order valence-electron chi connectivity index (χ4n) is 6.43. The maximum Gasteiger partial charge on any atom is 1.00 e. The van der Waals surface area contributed by atoms with Gasteiger partial charge in [0.1, 0.15) is 60.8 Å². The van der Waals surface area contributed by atoms with Crippen LogP contribution in [0.25, 0.3) is 10.6 Å². The summed E-state index contributed by atoms with van der Waals surface area (Å²) in [5.74, 6) is 2.26. The van der Waals surface area contributed by atoms with E-state index in [0.29, 0.717) is 35.2 Å². The third-order valence-corrected chi connectivity index (χ3v) is 10.6. The average molecular weight is 958 g/mol. The Morgan fingerprint density at radius 1 is 0.635 bits per heavy atom. The third kappa shape index (κ3) is 15.2. The molecule has 10 aliphatic heterocycles. The number of hydrogen-bond acceptors (Lipinski definition) is 22. The molecule has 0 aliphatic carbocycles. The van der Waals surface area contributed by atoms with E-state index in [2.05, 4.69) is 96.7 Å². The number of nitrogens with two attached hydrogens (primary N) is 4. The average Bonchev–Trinajstić information content (AvgIpc) is 4.08. The Hall–Kier alpha value is -3.24. The van der Waals surface area contributed by atoms with Gasteiger partial charge in [-0.1, -0.05) is 15.9 Å². The van der Waals surface area contributed by atoms with Crippen molar-refractivity contribution in [2.45, 2.75) is 101 Å². The zero-order valence-corrected chi connectivity index (χ0v) is 42.2. The molecule has 8 unspecified atom stereocenters. The van der Waals surface area contributed by atoms with Crippen LogP contribution in [0.15, 0.2) is 59.9 Å². The van der Waals surface area contributed by atoms with Crippen molar-refractivity contribution in [3.8, 4) is 0 Å². The Kier molecular flexibility index (Phi) is 20.7. The van der Waals surface area contributed by atoms with E-state index in [9.17, 15) is 0 Å². The predicted molar refractivity (Wildman–Crippen MR) is 243 cm³/mol. The van der Waals surface area contributed by atoms with Gasteiger partial charge in [0.15, 0.2) is 23.9 Å². The van der Waals surface area contributed by atoms with E-state index in [1.54, 1.807) is 6.34 Å². The van der Waals surface area contributed by atoms with E-state index < -0.39 is 5.79 Å². The SMILES string of the molecule is CC1(C)OCC(CCBr)CO1.CC1(C)OCC(CCN2C=NC3C(N)=NC=NC32)CO1.NC1=NC=NC2N=CNC12.NC1=NC=NC2[N-]C=NC12.NC1=NC=NC2[N-]C=NC12.[Na+].[Na+]. The molecule has 27 heteroatoms. The summed E-state index contributed by atoms with van der Waals surface area (Å²) in [5, 5.41) is 11.9. The van der Waals surface area contributed by atoms with E-state index in [4.69, 9.17) is 41.9 Å². The van der Waals surface area contributed by atoms with Crippen LogP contribution in [0.5, 0.6) is 0 Å². The van der Waals surface area contributed by atoms with Crippen LogP contribution in [-0.4, -0.2) is 178 Å². The molecule has 0 saturated carbocycles. The van der Waals surface area contributed by atoms with Crippen molar-refractivity contribution in [3.05, 3.63) is 10.6 Å². The molecule has 2 fully saturated rings. The van der Waals surface area contributed by atoms with Crippen molar-refractivity contribution >= 4 is 90.0 Å². The van der Waals surface area contributed by atoms with E-state index in [1.165, 1.54) is 38.0 Å². The number of amidine groups is 4. The molecule has 0 amide bonds. The smallest absolute Gasteiger partial charge is 0.460 e. The van der Waals surface area contributed by atoms with Crippen LogP contribution in [0.4, 0.5) is 0 Å². The second-order valence-electron chi connectivity index (χ2n) is 15.6. The second-order valence-corrected chi connectivity index (χ2v) is 16.4. The predicted octanol–water partition coefficient (Wildman–Crippen LogP) is -5.90. The Morgan fingerprint density at radius 3 is 1.62 bits per heavy atom. The van der Waals surface area contributed by atoms with Gasteiger partial charge in [-0.2, -0.15) is 0 Å². The summed E-state index contributed by atoms with van der Waals surface area (Å²) in [6, 6.07) is -0.405. The van der Waals surface area contributed by atoms with E-state index in [-0.39, 0.29) is 114 Å². The molecule has 332 valence electrons. The molecule has 0 aromatic carbocycles. The number of nitrogens with zero attached hydrogens (tertiary/aromatic N) is 15. The molecule has 0 radical (unpaired) electrons. The molecule has 8 atom stereocenters. The second kappa shape index (κ2) is 24.9. The Labute approximate surface area is 419 Å². The number of aliphatic imine (C=N–C) groups is 12. The van der Waals surface area contributed by atoms with Crippen molar-refractivity contribution < 1.29 is 78.1 Å². The molecule has 0 bridgehead atoms. The van der Waals surface area contributed by atoms with Gasteiger partial charge in [0.25, 0.3) is 0 Å². The monoisotopic (exact) mass is 956 g/mol. The van der Waals surface area contributed by atoms with Crippen LogP contribution in [0.2, 0.25) is 0 Å². The maximum atomic E-state index is 5.83. The topological polar surface area (TPSA) is 333 Å². The molecule has 63 heavy (non-hydrogen) atoms. The number of ether oxygens (including phenoxy) is 4. The number of rotatable bonds is 5. The van der Waals surface area contributed by atoms with Crippen molar-refractivity contribution in [1.82, 2.24) is 10.2 Å². The number of nitrogens with one attached hydrogen (secondary N) is 1. The van der Waals surface area contributed by atoms with Crippen molar-refractivity contribution in [2.75, 3.05) is 38.3 Å². The molecule has 0 aromatic rings. The van der Waals surface area contributed by atoms with E-state index in [0.717, 1.165) is 51.1 Å². The van der Waals surface area contributed by atoms with Gasteiger partial charge in [-0.15, -0.1) is 12.7 Å². The number of halogens is 1. The molecular formula is C36H55BrN20Na2O4. The van der Waals surface area contributed by atoms with Gasteiger partial charge >= 0.3 is 59.1 Å². The molecule has 2 saturated heterocycles. The van der Waals surface area contributed by atoms with Crippen molar-refractivity contribution in [2.24, 2.45) is 94.7 Å². The van der Waals surface area contributed by atoms with Gasteiger partial charge in [0.2, 0.25) is 0 Å². The van der Waals surface area contributed by atoms with Gasteiger partial charge in [0, 0.05) is 35.8 Å². The van der Waals surface area contributed by atoms with Crippen LogP contribution in [0, 0.1) is 11.8 Å². The first-order valence-corrected chi connectivity index (χ1v) is 21.0. The van der Waals surface area contributed by atoms with Crippen LogP contribution in [-0.2, 0) is 18.9 Å². The summed E-state index contributed by atoms with van der Waals surface area (Å²) < 4.78 is 22.3. The summed E-state index contributed by atoms with van der Waals surface area (Å²) in [4.78, 5) is 50.1. The first-order valence-electron chi connectivity index (χ1n) is 19.8. The van der Waals surface area contributed by atoms with Crippen LogP contribution in [0.1, 0.15) is 40.5 Å². The Balaban J connectivity index is 0.000000178. The largest absolute Gasteiger partial charge is 1.00 e. The Bertz CT molecular complexity index is 1820. The summed E-state index contributed by atoms with van der Waals surface area (Å²) in [5.41, 5.74) is 22.4. The standard InChI is InChI=1S/C13H21N5O2.C8H15BrO2.C5H7N5.2C5H6N5.2Na/c1-13(2)19-5-9(6-20-13)3-4-18-8-17-10-11(14)15-7-16-12(10)18;1-8(2)10-5-7(3-4-9)6-11-8;3*6-4-3-5(9-1-7-3)10-2-8-4;;/h7-10,12H,3-6H2,1-2H3,(H2,14,15,16);7H,3-6H2,1-2H3;1-3,5H,(H,7,9)(H2,6,8,10);2*1-3,5H,(H2-,6,7,8,9,10);;/q;;;2*-1;2*+1. The summed E-state index contributed by atoms with van der Waals surface area (Å²) in [6.45, 7) is 11.8. The molecule has 10 rings (SSSR count). The molecular weight excluding hydrogens is 902 g/mol. The zero-order valence-electron chi connectivity index (χ0n) is 36.6. The fraction of sp³-hybridized carbons (Fsp3) is 0.667. The number of alkyl halides is 1. The normalized spacial score (nSPS) is 31.3. The van der Waals surface area contributed by atoms with Crippen LogP contribution < -0.4 is 87.4 Å². The van der Waals surface area contributed by atoms with Gasteiger partial charge in [0.05, 0.1) is 51.4 Å².